The Bertz CT molecular complexity index is 2580. The highest BCUT2D eigenvalue weighted by Gasteiger charge is 2.57. The Kier molecular flexibility index (Phi) is 13.5. The molecular formula is C52H60N4O11S. The van der Waals surface area contributed by atoms with E-state index in [9.17, 15) is 20.0 Å². The average Bonchev–Trinajstić information content (AvgIpc) is 3.93. The van der Waals surface area contributed by atoms with Crippen molar-refractivity contribution in [3.05, 3.63) is 99.1 Å². The Morgan fingerprint density at radius 3 is 2.35 bits per heavy atom. The van der Waals surface area contributed by atoms with E-state index in [2.05, 4.69) is 51.5 Å². The molecule has 1 saturated heterocycles. The monoisotopic (exact) mass is 948 g/mol. The number of hydrogen-bond donors (Lipinski definition) is 2. The van der Waals surface area contributed by atoms with Gasteiger partial charge in [-0.3, -0.25) is 9.80 Å². The lowest BCUT2D eigenvalue weighted by Gasteiger charge is -2.59. The Morgan fingerprint density at radius 2 is 1.68 bits per heavy atom. The van der Waals surface area contributed by atoms with E-state index >= 15 is 0 Å². The van der Waals surface area contributed by atoms with Crippen LogP contribution in [0.3, 0.4) is 0 Å². The summed E-state index contributed by atoms with van der Waals surface area (Å²) in [5.74, 6) is 2.30. The SMILES string of the molecule is COCCOCOc1c(OC)c(C)cc2c1[C@H]1C3Cc4c(O)c(C)c5c(c4[C@H](COC(=O)[C@@H](CSCC4c6ccccc6-c6ccccc64)NC(=O)OC(C)(C)C)N3[C@@H](C#N)[C@@H](C2)N1C)OCO5. The van der Waals surface area contributed by atoms with E-state index in [0.717, 1.165) is 16.7 Å². The number of rotatable bonds is 15. The summed E-state index contributed by atoms with van der Waals surface area (Å²) < 4.78 is 47.6. The number of nitrogens with one attached hydrogen (secondary N) is 1. The van der Waals surface area contributed by atoms with Crippen LogP contribution in [0.25, 0.3) is 11.1 Å². The summed E-state index contributed by atoms with van der Waals surface area (Å²) >= 11 is 1.55. The number of nitrogens with zero attached hydrogens (tertiary/aromatic N) is 3. The number of piperazine rings is 1. The summed E-state index contributed by atoms with van der Waals surface area (Å²) in [7, 11) is 5.24. The Morgan fingerprint density at radius 1 is 0.971 bits per heavy atom. The minimum atomic E-state index is -1.09. The zero-order chi connectivity index (χ0) is 48.0. The summed E-state index contributed by atoms with van der Waals surface area (Å²) in [6.45, 7) is 9.45. The molecule has 68 heavy (non-hydrogen) atoms. The van der Waals surface area contributed by atoms with Gasteiger partial charge in [-0.15, -0.1) is 0 Å². The molecule has 4 aromatic carbocycles. The number of carbonyl (C=O) groups excluding carboxylic acids is 2. The van der Waals surface area contributed by atoms with Gasteiger partial charge < -0.3 is 48.3 Å². The highest BCUT2D eigenvalue weighted by atomic mass is 32.2. The number of phenolic OH excluding ortho intramolecular Hbond substituents is 1. The molecule has 2 N–H and O–H groups in total. The van der Waals surface area contributed by atoms with Crippen molar-refractivity contribution in [2.75, 3.05) is 66.2 Å². The predicted octanol–water partition coefficient (Wildman–Crippen LogP) is 7.50. The summed E-state index contributed by atoms with van der Waals surface area (Å²) in [4.78, 5) is 32.4. The third-order valence-electron chi connectivity index (χ3n) is 13.9. The number of methoxy groups -OCH3 is 2. The molecule has 0 aromatic heterocycles. The molecule has 360 valence electrons. The first-order valence-electron chi connectivity index (χ1n) is 23.1. The molecule has 1 fully saturated rings. The molecule has 0 radical (unpaired) electrons. The number of fused-ring (bicyclic) bond motifs is 12. The number of aromatic hydroxyl groups is 1. The number of phenols is 1. The van der Waals surface area contributed by atoms with Crippen LogP contribution in [-0.4, -0.2) is 123 Å². The predicted molar refractivity (Wildman–Crippen MR) is 255 cm³/mol. The highest BCUT2D eigenvalue weighted by Crippen LogP contribution is 2.58. The number of esters is 1. The van der Waals surface area contributed by atoms with Gasteiger partial charge in [-0.05, 0) is 87.9 Å². The van der Waals surface area contributed by atoms with Crippen LogP contribution < -0.4 is 24.3 Å². The zero-order valence-corrected chi connectivity index (χ0v) is 40.7. The molecule has 1 unspecified atom stereocenters. The zero-order valence-electron chi connectivity index (χ0n) is 39.9. The van der Waals surface area contributed by atoms with Crippen LogP contribution >= 0.6 is 11.8 Å². The number of benzene rings is 4. The fourth-order valence-electron chi connectivity index (χ4n) is 11.0. The largest absolute Gasteiger partial charge is 0.507 e. The first kappa shape index (κ1) is 47.4. The van der Waals surface area contributed by atoms with Crippen molar-refractivity contribution in [1.29, 1.82) is 5.26 Å². The van der Waals surface area contributed by atoms with E-state index in [1.165, 1.54) is 22.3 Å². The average molecular weight is 949 g/mol. The maximum atomic E-state index is 14.7. The van der Waals surface area contributed by atoms with Crippen molar-refractivity contribution in [3.63, 3.8) is 0 Å². The molecule has 6 atom stereocenters. The van der Waals surface area contributed by atoms with Gasteiger partial charge in [0, 0.05) is 58.9 Å². The second-order valence-electron chi connectivity index (χ2n) is 19.0. The van der Waals surface area contributed by atoms with E-state index in [1.54, 1.807) is 53.7 Å². The minimum Gasteiger partial charge on any atom is -0.507 e. The fraction of sp³-hybridized carbons (Fsp3) is 0.481. The lowest BCUT2D eigenvalue weighted by Crippen LogP contribution is -2.68. The Hall–Kier alpha value is -5.70. The molecule has 4 heterocycles. The molecule has 4 aromatic rings. The van der Waals surface area contributed by atoms with Crippen LogP contribution in [0.1, 0.15) is 83.3 Å². The molecule has 2 bridgehead atoms. The van der Waals surface area contributed by atoms with E-state index in [0.29, 0.717) is 71.5 Å². The first-order valence-corrected chi connectivity index (χ1v) is 24.3. The molecule has 0 spiro atoms. The fourth-order valence-corrected chi connectivity index (χ4v) is 12.2. The van der Waals surface area contributed by atoms with Crippen molar-refractivity contribution in [2.45, 2.75) is 95.2 Å². The number of likely N-dealkylation sites (N-methyl/N-ethyl adjacent to an activating group) is 1. The van der Waals surface area contributed by atoms with Gasteiger partial charge in [-0.2, -0.15) is 17.0 Å². The van der Waals surface area contributed by atoms with Gasteiger partial charge >= 0.3 is 12.1 Å². The summed E-state index contributed by atoms with van der Waals surface area (Å²) in [6, 6.07) is 17.8. The van der Waals surface area contributed by atoms with Gasteiger partial charge in [0.1, 0.15) is 30.0 Å². The second-order valence-corrected chi connectivity index (χ2v) is 20.1. The van der Waals surface area contributed by atoms with Gasteiger partial charge in [0.25, 0.3) is 0 Å². The van der Waals surface area contributed by atoms with Crippen molar-refractivity contribution in [2.24, 2.45) is 0 Å². The molecule has 9 rings (SSSR count). The number of nitriles is 1. The Labute approximate surface area is 401 Å². The van der Waals surface area contributed by atoms with Crippen molar-refractivity contribution >= 4 is 23.8 Å². The molecule has 1 amide bonds. The summed E-state index contributed by atoms with van der Waals surface area (Å²) in [6.07, 6.45) is 0.0853. The van der Waals surface area contributed by atoms with Crippen LogP contribution in [0.5, 0.6) is 28.7 Å². The topological polar surface area (TPSA) is 171 Å². The third-order valence-corrected chi connectivity index (χ3v) is 15.0. The third kappa shape index (κ3) is 8.57. The van der Waals surface area contributed by atoms with E-state index in [-0.39, 0.29) is 49.7 Å². The van der Waals surface area contributed by atoms with E-state index in [4.69, 9.17) is 37.9 Å². The van der Waals surface area contributed by atoms with Crippen LogP contribution in [-0.2, 0) is 36.6 Å². The highest BCUT2D eigenvalue weighted by molar-refractivity contribution is 7.99. The lowest BCUT2D eigenvalue weighted by molar-refractivity contribution is -0.151. The van der Waals surface area contributed by atoms with Gasteiger partial charge in [0.05, 0.1) is 38.5 Å². The molecule has 5 aliphatic rings. The number of amides is 1. The van der Waals surface area contributed by atoms with E-state index in [1.807, 2.05) is 38.2 Å². The maximum Gasteiger partial charge on any atom is 0.408 e. The van der Waals surface area contributed by atoms with Gasteiger partial charge in [0.15, 0.2) is 29.8 Å². The smallest absolute Gasteiger partial charge is 0.408 e. The first-order chi connectivity index (χ1) is 32.8. The molecular weight excluding hydrogens is 889 g/mol. The lowest BCUT2D eigenvalue weighted by atomic mass is 9.71. The second kappa shape index (κ2) is 19.4. The van der Waals surface area contributed by atoms with Gasteiger partial charge in [-0.25, -0.2) is 9.59 Å². The number of ether oxygens (including phenoxy) is 8. The van der Waals surface area contributed by atoms with Crippen molar-refractivity contribution < 1.29 is 52.6 Å². The number of carbonyl (C=O) groups is 2. The van der Waals surface area contributed by atoms with Crippen LogP contribution in [0, 0.1) is 25.2 Å². The number of alkyl carbamates (subject to hydrolysis) is 1. The Balaban J connectivity index is 1.06. The summed E-state index contributed by atoms with van der Waals surface area (Å²) in [5, 5.41) is 26.1. The molecule has 15 nitrogen and oxygen atoms in total. The normalized spacial score (nSPS) is 21.6. The molecule has 1 aliphatic carbocycles. The molecule has 16 heteroatoms. The number of hydrogen-bond acceptors (Lipinski definition) is 15. The van der Waals surface area contributed by atoms with Crippen LogP contribution in [0.15, 0.2) is 54.6 Å². The van der Waals surface area contributed by atoms with Crippen molar-refractivity contribution in [3.8, 4) is 45.9 Å². The minimum absolute atomic E-state index is 0.0480. The maximum absolute atomic E-state index is 14.7. The van der Waals surface area contributed by atoms with Gasteiger partial charge in [0.2, 0.25) is 6.79 Å². The number of thioether (sulfide) groups is 1. The molecule has 0 saturated carbocycles. The number of aryl methyl sites for hydroxylation is 1. The van der Waals surface area contributed by atoms with Crippen LogP contribution in [0.4, 0.5) is 4.79 Å². The van der Waals surface area contributed by atoms with E-state index < -0.39 is 41.8 Å². The van der Waals surface area contributed by atoms with Crippen LogP contribution in [0.2, 0.25) is 0 Å². The quantitative estimate of drug-likeness (QED) is 0.0682. The molecule has 4 aliphatic heterocycles. The standard InChI is InChI=1S/C52H60N4O11S/c1-28-19-30-20-38-40(22-53)56-39(44(55(38)6)42(30)48(46(28)61-8)64-26-62-18-17-60-7)21-35-43(49-47(65-27-66-49)29(2)45(35)57)41(56)23-63-50(58)37(54-51(59)67-52(3,4)5)25-68-24-36-33-15-11-9-13-31(33)32-14-10-12-16-34(32)36/h9-16,19,36-41,44,57H,17-18,20-21,23-27H2,1-8H3,(H,54,59)/t37-,38-,39?,40+,41+,44-/m1/s1. The van der Waals surface area contributed by atoms with Gasteiger partial charge in [-0.1, -0.05) is 54.6 Å². The van der Waals surface area contributed by atoms with Crippen molar-refractivity contribution in [1.82, 2.24) is 15.1 Å². The summed E-state index contributed by atoms with van der Waals surface area (Å²) in [5.41, 5.74) is 8.57.